The highest BCUT2D eigenvalue weighted by Gasteiger charge is 2.43. The maximum Gasteiger partial charge on any atom is 0.326 e. The number of carbonyl (C=O) groups excluding carboxylic acids is 2. The van der Waals surface area contributed by atoms with Gasteiger partial charge in [-0.3, -0.25) is 14.5 Å². The van der Waals surface area contributed by atoms with Crippen molar-refractivity contribution < 1.29 is 24.2 Å². The Morgan fingerprint density at radius 1 is 0.511 bits per heavy atom. The fourth-order valence-corrected chi connectivity index (χ4v) is 6.49. The van der Waals surface area contributed by atoms with E-state index in [4.69, 9.17) is 9.47 Å². The van der Waals surface area contributed by atoms with Gasteiger partial charge >= 0.3 is 11.9 Å². The highest BCUT2D eigenvalue weighted by Crippen LogP contribution is 2.31. The molecule has 0 aromatic heterocycles. The van der Waals surface area contributed by atoms with Crippen molar-refractivity contribution in [2.75, 3.05) is 32.9 Å². The Balaban J connectivity index is 5.01. The first-order valence-electron chi connectivity index (χ1n) is 19.7. The number of unbranched alkanes of at least 4 members (excludes halogenated alkanes) is 19. The molecule has 268 valence electrons. The zero-order valence-electron chi connectivity index (χ0n) is 30.7. The predicted molar refractivity (Wildman–Crippen MR) is 191 cm³/mol. The van der Waals surface area contributed by atoms with Gasteiger partial charge in [0, 0.05) is 13.0 Å². The summed E-state index contributed by atoms with van der Waals surface area (Å²) in [6.45, 7) is 10.8. The number of β-amino-alcohol motifs (C(OH)–C–C–N with tert-alkyl or cyclic N) is 1. The zero-order valence-corrected chi connectivity index (χ0v) is 30.7. The van der Waals surface area contributed by atoms with Gasteiger partial charge in [0.05, 0.1) is 19.8 Å². The Kier molecular flexibility index (Phi) is 32.0. The third kappa shape index (κ3) is 23.8. The van der Waals surface area contributed by atoms with Gasteiger partial charge in [-0.15, -0.1) is 0 Å². The molecule has 0 aliphatic heterocycles. The van der Waals surface area contributed by atoms with Crippen LogP contribution in [0, 0.1) is 0 Å². The second-order valence-electron chi connectivity index (χ2n) is 13.4. The number of hydrogen-bond acceptors (Lipinski definition) is 6. The van der Waals surface area contributed by atoms with Crippen LogP contribution in [0.15, 0.2) is 0 Å². The fourth-order valence-electron chi connectivity index (χ4n) is 6.49. The highest BCUT2D eigenvalue weighted by molar-refractivity contribution is 5.81. The minimum atomic E-state index is -0.747. The van der Waals surface area contributed by atoms with Gasteiger partial charge in [0.1, 0.15) is 5.54 Å². The molecular formula is C39H77NO5. The normalized spacial score (nSPS) is 12.8. The van der Waals surface area contributed by atoms with E-state index in [1.807, 2.05) is 0 Å². The summed E-state index contributed by atoms with van der Waals surface area (Å²) in [5.74, 6) is -0.289. The largest absolute Gasteiger partial charge is 0.466 e. The van der Waals surface area contributed by atoms with E-state index in [9.17, 15) is 14.7 Å². The van der Waals surface area contributed by atoms with E-state index in [2.05, 4.69) is 32.6 Å². The van der Waals surface area contributed by atoms with Crippen molar-refractivity contribution in [2.24, 2.45) is 0 Å². The van der Waals surface area contributed by atoms with Gasteiger partial charge in [0.15, 0.2) is 0 Å². The van der Waals surface area contributed by atoms with Crippen LogP contribution in [-0.4, -0.2) is 60.4 Å². The summed E-state index contributed by atoms with van der Waals surface area (Å²) in [4.78, 5) is 28.6. The summed E-state index contributed by atoms with van der Waals surface area (Å²) >= 11 is 0. The number of hydrogen-bond donors (Lipinski definition) is 1. The van der Waals surface area contributed by atoms with Gasteiger partial charge in [-0.2, -0.15) is 0 Å². The van der Waals surface area contributed by atoms with Crippen molar-refractivity contribution in [3.05, 3.63) is 0 Å². The third-order valence-corrected chi connectivity index (χ3v) is 9.26. The van der Waals surface area contributed by atoms with Gasteiger partial charge < -0.3 is 14.6 Å². The van der Waals surface area contributed by atoms with Gasteiger partial charge in [-0.1, -0.05) is 163 Å². The first kappa shape index (κ1) is 43.9. The number of nitrogens with zero attached hydrogens (tertiary/aromatic N) is 1. The molecule has 1 N–H and O–H groups in total. The second kappa shape index (κ2) is 32.8. The smallest absolute Gasteiger partial charge is 0.326 e. The molecule has 0 rings (SSSR count). The maximum absolute atomic E-state index is 13.9. The Labute approximate surface area is 280 Å². The fraction of sp³-hybridized carbons (Fsp3) is 0.949. The van der Waals surface area contributed by atoms with E-state index in [1.54, 1.807) is 0 Å². The van der Waals surface area contributed by atoms with Crippen molar-refractivity contribution in [2.45, 2.75) is 207 Å². The molecule has 0 saturated carbocycles. The molecule has 0 radical (unpaired) electrons. The molecule has 0 bridgehead atoms. The molecule has 0 spiro atoms. The summed E-state index contributed by atoms with van der Waals surface area (Å²) in [5, 5.41) is 10.0. The van der Waals surface area contributed by atoms with Crippen LogP contribution in [-0.2, 0) is 19.1 Å². The van der Waals surface area contributed by atoms with Crippen LogP contribution in [0.2, 0.25) is 0 Å². The summed E-state index contributed by atoms with van der Waals surface area (Å²) in [7, 11) is 0. The molecular weight excluding hydrogens is 562 g/mol. The number of rotatable bonds is 35. The Morgan fingerprint density at radius 2 is 0.956 bits per heavy atom. The topological polar surface area (TPSA) is 76.1 Å². The summed E-state index contributed by atoms with van der Waals surface area (Å²) in [6, 6.07) is 0. The lowest BCUT2D eigenvalue weighted by Crippen LogP contribution is -2.56. The summed E-state index contributed by atoms with van der Waals surface area (Å²) in [5.41, 5.74) is -0.747. The van der Waals surface area contributed by atoms with Crippen LogP contribution in [0.4, 0.5) is 0 Å². The van der Waals surface area contributed by atoms with Crippen molar-refractivity contribution in [3.8, 4) is 0 Å². The minimum absolute atomic E-state index is 0.0177. The lowest BCUT2D eigenvalue weighted by atomic mass is 9.85. The lowest BCUT2D eigenvalue weighted by Gasteiger charge is -2.42. The van der Waals surface area contributed by atoms with Crippen LogP contribution in [0.1, 0.15) is 201 Å². The summed E-state index contributed by atoms with van der Waals surface area (Å²) in [6.07, 6.45) is 29.7. The van der Waals surface area contributed by atoms with Crippen LogP contribution in [0.3, 0.4) is 0 Å². The van der Waals surface area contributed by atoms with Crippen molar-refractivity contribution >= 4 is 11.9 Å². The van der Waals surface area contributed by atoms with Crippen molar-refractivity contribution in [1.82, 2.24) is 4.90 Å². The molecule has 1 unspecified atom stereocenters. The molecule has 6 heteroatoms. The van der Waals surface area contributed by atoms with Crippen LogP contribution >= 0.6 is 0 Å². The molecule has 0 aliphatic rings. The van der Waals surface area contributed by atoms with E-state index in [0.29, 0.717) is 45.6 Å². The quantitative estimate of drug-likeness (QED) is 0.0549. The molecule has 0 aromatic carbocycles. The SMILES string of the molecule is CCCCCCCCCCOC(=O)CCCN(CCO)C(CCC)(CCCCCCCC)C(=O)OCCCCCCCCCC. The highest BCUT2D eigenvalue weighted by atomic mass is 16.5. The van der Waals surface area contributed by atoms with E-state index in [-0.39, 0.29) is 18.5 Å². The number of carbonyl (C=O) groups is 2. The van der Waals surface area contributed by atoms with Crippen LogP contribution < -0.4 is 0 Å². The van der Waals surface area contributed by atoms with Crippen molar-refractivity contribution in [3.63, 3.8) is 0 Å². The number of aliphatic hydroxyl groups is 1. The molecule has 1 atom stereocenters. The van der Waals surface area contributed by atoms with E-state index >= 15 is 0 Å². The molecule has 0 aliphatic carbocycles. The zero-order chi connectivity index (χ0) is 33.3. The van der Waals surface area contributed by atoms with Crippen LogP contribution in [0.25, 0.3) is 0 Å². The van der Waals surface area contributed by atoms with E-state index in [0.717, 1.165) is 51.4 Å². The Bertz CT molecular complexity index is 657. The standard InChI is InChI=1S/C39H77NO5/c1-5-9-12-15-18-20-23-26-35-44-37(42)29-28-32-40(33-34-41)39(30-8-4,31-25-22-17-14-11-7-3)38(43)45-36-27-24-21-19-16-13-10-6-2/h41H,5-36H2,1-4H3. The average molecular weight is 640 g/mol. The monoisotopic (exact) mass is 640 g/mol. The summed E-state index contributed by atoms with van der Waals surface area (Å²) < 4.78 is 11.5. The molecule has 0 heterocycles. The molecule has 0 amide bonds. The molecule has 6 nitrogen and oxygen atoms in total. The number of aliphatic hydroxyl groups excluding tert-OH is 1. The number of esters is 2. The molecule has 0 saturated heterocycles. The predicted octanol–water partition coefficient (Wildman–Crippen LogP) is 10.7. The molecule has 45 heavy (non-hydrogen) atoms. The van der Waals surface area contributed by atoms with Gasteiger partial charge in [-0.05, 0) is 38.6 Å². The van der Waals surface area contributed by atoms with Crippen LogP contribution in [0.5, 0.6) is 0 Å². The van der Waals surface area contributed by atoms with E-state index < -0.39 is 5.54 Å². The van der Waals surface area contributed by atoms with E-state index in [1.165, 1.54) is 103 Å². The Hall–Kier alpha value is -1.14. The van der Waals surface area contributed by atoms with Gasteiger partial charge in [0.25, 0.3) is 0 Å². The number of ether oxygens (including phenoxy) is 2. The second-order valence-corrected chi connectivity index (χ2v) is 13.4. The van der Waals surface area contributed by atoms with Gasteiger partial charge in [0.2, 0.25) is 0 Å². The average Bonchev–Trinajstić information content (AvgIpc) is 3.03. The molecule has 0 aromatic rings. The first-order valence-corrected chi connectivity index (χ1v) is 19.7. The minimum Gasteiger partial charge on any atom is -0.466 e. The van der Waals surface area contributed by atoms with Crippen molar-refractivity contribution in [1.29, 1.82) is 0 Å². The maximum atomic E-state index is 13.9. The molecule has 0 fully saturated rings. The van der Waals surface area contributed by atoms with Gasteiger partial charge in [-0.25, -0.2) is 0 Å². The Morgan fingerprint density at radius 3 is 1.42 bits per heavy atom. The first-order chi connectivity index (χ1) is 22.0. The third-order valence-electron chi connectivity index (χ3n) is 9.26. The lowest BCUT2D eigenvalue weighted by molar-refractivity contribution is -0.161.